The molecule has 0 spiro atoms. The van der Waals surface area contributed by atoms with Gasteiger partial charge in [-0.05, 0) is 13.8 Å². The second-order valence-corrected chi connectivity index (χ2v) is 4.68. The summed E-state index contributed by atoms with van der Waals surface area (Å²) in [4.78, 5) is 0. The van der Waals surface area contributed by atoms with Crippen molar-refractivity contribution in [1.29, 1.82) is 0 Å². The Balaban J connectivity index is -0.000000266. The predicted octanol–water partition coefficient (Wildman–Crippen LogP) is 3.30. The molecule has 92 valence electrons. The molecule has 0 unspecified atom stereocenters. The van der Waals surface area contributed by atoms with Gasteiger partial charge in [0, 0.05) is 7.11 Å². The Labute approximate surface area is 84.3 Å². The standard InChI is InChI=1S/C4H9F3O2S.C2H6.CH4O/c1-3(2)10(8,9)4(5,6)7;2*1-2/h3,8-9H,1-2H3;1-2H3;2H,1H3. The molecule has 0 aliphatic carbocycles. The molecule has 0 aromatic carbocycles. The van der Waals surface area contributed by atoms with Crippen LogP contribution >= 0.6 is 10.6 Å². The van der Waals surface area contributed by atoms with Crippen LogP contribution in [-0.4, -0.2) is 32.1 Å². The van der Waals surface area contributed by atoms with Crippen LogP contribution in [0.4, 0.5) is 13.2 Å². The van der Waals surface area contributed by atoms with Crippen LogP contribution in [0.3, 0.4) is 0 Å². The lowest BCUT2D eigenvalue weighted by Gasteiger charge is -2.37. The van der Waals surface area contributed by atoms with Crippen LogP contribution in [-0.2, 0) is 0 Å². The summed E-state index contributed by atoms with van der Waals surface area (Å²) < 4.78 is 51.7. The Morgan fingerprint density at radius 2 is 1.21 bits per heavy atom. The molecular formula is C7H19F3O3S. The van der Waals surface area contributed by atoms with E-state index < -0.39 is 21.3 Å². The van der Waals surface area contributed by atoms with Gasteiger partial charge in [0.25, 0.3) is 0 Å². The summed E-state index contributed by atoms with van der Waals surface area (Å²) in [6.07, 6.45) is 0. The fourth-order valence-corrected chi connectivity index (χ4v) is 0.802. The van der Waals surface area contributed by atoms with E-state index in [2.05, 4.69) is 0 Å². The van der Waals surface area contributed by atoms with Crippen molar-refractivity contribution < 1.29 is 27.4 Å². The van der Waals surface area contributed by atoms with Crippen LogP contribution in [0.1, 0.15) is 27.7 Å². The molecule has 0 fully saturated rings. The van der Waals surface area contributed by atoms with E-state index >= 15 is 0 Å². The van der Waals surface area contributed by atoms with Gasteiger partial charge in [0.1, 0.15) is 0 Å². The number of halogens is 3. The predicted molar refractivity (Wildman–Crippen MR) is 53.5 cm³/mol. The Bertz CT molecular complexity index is 126. The van der Waals surface area contributed by atoms with E-state index in [4.69, 9.17) is 14.2 Å². The van der Waals surface area contributed by atoms with Gasteiger partial charge < -0.3 is 5.11 Å². The molecule has 0 saturated carbocycles. The fraction of sp³-hybridized carbons (Fsp3) is 1.00. The van der Waals surface area contributed by atoms with E-state index in [1.807, 2.05) is 13.8 Å². The lowest BCUT2D eigenvalue weighted by Crippen LogP contribution is -2.26. The zero-order valence-electron chi connectivity index (χ0n) is 8.96. The topological polar surface area (TPSA) is 60.7 Å². The van der Waals surface area contributed by atoms with Crippen LogP contribution in [0.5, 0.6) is 0 Å². The molecule has 3 nitrogen and oxygen atoms in total. The maximum Gasteiger partial charge on any atom is 0.496 e. The fourth-order valence-electron chi connectivity index (χ4n) is 0.267. The van der Waals surface area contributed by atoms with Crippen molar-refractivity contribution in [3.05, 3.63) is 0 Å². The maximum atomic E-state index is 11.6. The first-order chi connectivity index (χ1) is 6.19. The molecule has 7 heteroatoms. The summed E-state index contributed by atoms with van der Waals surface area (Å²) in [7, 11) is -3.41. The minimum Gasteiger partial charge on any atom is -0.400 e. The monoisotopic (exact) mass is 240 g/mol. The Morgan fingerprint density at radius 3 is 1.21 bits per heavy atom. The first-order valence-electron chi connectivity index (χ1n) is 3.97. The van der Waals surface area contributed by atoms with E-state index in [0.29, 0.717) is 0 Å². The van der Waals surface area contributed by atoms with Crippen molar-refractivity contribution in [1.82, 2.24) is 0 Å². The van der Waals surface area contributed by atoms with Crippen LogP contribution in [0.2, 0.25) is 0 Å². The van der Waals surface area contributed by atoms with Gasteiger partial charge in [-0.25, -0.2) is 0 Å². The molecule has 0 rings (SSSR count). The second-order valence-electron chi connectivity index (χ2n) is 2.09. The molecule has 0 bridgehead atoms. The van der Waals surface area contributed by atoms with Gasteiger partial charge in [-0.2, -0.15) is 13.2 Å². The third kappa shape index (κ3) is 6.47. The normalized spacial score (nSPS) is 12.3. The molecule has 0 atom stereocenters. The van der Waals surface area contributed by atoms with Gasteiger partial charge in [0.2, 0.25) is 0 Å². The van der Waals surface area contributed by atoms with Crippen LogP contribution in [0.15, 0.2) is 0 Å². The average molecular weight is 240 g/mol. The minimum absolute atomic E-state index is 1.00. The van der Waals surface area contributed by atoms with Crippen molar-refractivity contribution in [2.24, 2.45) is 0 Å². The zero-order valence-corrected chi connectivity index (χ0v) is 9.78. The molecule has 14 heavy (non-hydrogen) atoms. The molecule has 0 heterocycles. The highest BCUT2D eigenvalue weighted by Crippen LogP contribution is 2.58. The minimum atomic E-state index is -4.89. The van der Waals surface area contributed by atoms with Crippen molar-refractivity contribution in [2.75, 3.05) is 7.11 Å². The first kappa shape index (κ1) is 19.6. The first-order valence-corrected chi connectivity index (χ1v) is 5.58. The van der Waals surface area contributed by atoms with Gasteiger partial charge in [-0.1, -0.05) is 13.8 Å². The lowest BCUT2D eigenvalue weighted by molar-refractivity contribution is -0.0534. The summed E-state index contributed by atoms with van der Waals surface area (Å²) in [5.41, 5.74) is -4.89. The highest BCUT2D eigenvalue weighted by molar-refractivity contribution is 8.25. The molecule has 0 aliphatic heterocycles. The molecule has 0 aliphatic rings. The van der Waals surface area contributed by atoms with Gasteiger partial charge in [-0.3, -0.25) is 9.11 Å². The van der Waals surface area contributed by atoms with Crippen LogP contribution < -0.4 is 0 Å². The molecule has 0 aromatic heterocycles. The Morgan fingerprint density at radius 1 is 1.00 bits per heavy atom. The Hall–Kier alpha value is 0.0200. The van der Waals surface area contributed by atoms with Crippen molar-refractivity contribution in [2.45, 2.75) is 38.5 Å². The third-order valence-electron chi connectivity index (χ3n) is 0.998. The molecule has 0 amide bonds. The SMILES string of the molecule is CC.CC(C)S(O)(O)C(F)(F)F.CO. The summed E-state index contributed by atoms with van der Waals surface area (Å²) >= 11 is 0. The van der Waals surface area contributed by atoms with Crippen molar-refractivity contribution in [3.8, 4) is 0 Å². The summed E-state index contributed by atoms with van der Waals surface area (Å²) in [6, 6.07) is 0. The highest BCUT2D eigenvalue weighted by Gasteiger charge is 2.47. The zero-order chi connectivity index (χ0) is 12.6. The van der Waals surface area contributed by atoms with Gasteiger partial charge in [0.05, 0.1) is 5.25 Å². The highest BCUT2D eigenvalue weighted by atomic mass is 32.3. The largest absolute Gasteiger partial charge is 0.496 e. The average Bonchev–Trinajstić information content (AvgIpc) is 2.09. The van der Waals surface area contributed by atoms with Crippen molar-refractivity contribution in [3.63, 3.8) is 0 Å². The second kappa shape index (κ2) is 8.34. The van der Waals surface area contributed by atoms with Crippen molar-refractivity contribution >= 4 is 10.6 Å². The molecule has 0 saturated heterocycles. The molecule has 3 N–H and O–H groups in total. The number of hydrogen-bond acceptors (Lipinski definition) is 3. The molecule has 0 radical (unpaired) electrons. The summed E-state index contributed by atoms with van der Waals surface area (Å²) in [5, 5.41) is 5.83. The van der Waals surface area contributed by atoms with Gasteiger partial charge in [-0.15, -0.1) is 10.6 Å². The van der Waals surface area contributed by atoms with Gasteiger partial charge in [0.15, 0.2) is 0 Å². The van der Waals surface area contributed by atoms with E-state index in [0.717, 1.165) is 21.0 Å². The smallest absolute Gasteiger partial charge is 0.400 e. The number of alkyl halides is 3. The lowest BCUT2D eigenvalue weighted by atomic mass is 10.6. The molecular weight excluding hydrogens is 221 g/mol. The summed E-state index contributed by atoms with van der Waals surface area (Å²) in [6.45, 7) is 6.23. The van der Waals surface area contributed by atoms with E-state index in [1.165, 1.54) is 0 Å². The van der Waals surface area contributed by atoms with Crippen LogP contribution in [0, 0.1) is 0 Å². The maximum absolute atomic E-state index is 11.6. The molecule has 0 aromatic rings. The summed E-state index contributed by atoms with van der Waals surface area (Å²) in [5.74, 6) is 0. The van der Waals surface area contributed by atoms with Gasteiger partial charge >= 0.3 is 5.51 Å². The van der Waals surface area contributed by atoms with E-state index in [-0.39, 0.29) is 0 Å². The van der Waals surface area contributed by atoms with Crippen LogP contribution in [0.25, 0.3) is 0 Å². The number of hydrogen-bond donors (Lipinski definition) is 3. The van der Waals surface area contributed by atoms with E-state index in [1.54, 1.807) is 0 Å². The third-order valence-corrected chi connectivity index (χ3v) is 2.99. The quantitative estimate of drug-likeness (QED) is 0.659. The number of rotatable bonds is 1. The number of aliphatic hydroxyl groups excluding tert-OH is 1. The Kier molecular flexibility index (Phi) is 11.7. The number of aliphatic hydroxyl groups is 1. The van der Waals surface area contributed by atoms with E-state index in [9.17, 15) is 13.2 Å².